The lowest BCUT2D eigenvalue weighted by Gasteiger charge is -2.51. The van der Waals surface area contributed by atoms with E-state index in [0.29, 0.717) is 6.61 Å². The van der Waals surface area contributed by atoms with E-state index in [1.54, 1.807) is 0 Å². The summed E-state index contributed by atoms with van der Waals surface area (Å²) in [7, 11) is 0. The molecule has 5 atom stereocenters. The standard InChI is InChI=1S/C22H32O6/c1-15(12-23)19-16(2)20(28-21(4,5)27-19)22(6,14-25-17(3)24)26-13-18-10-8-7-9-11-18/h7-12,15-16,19-20H,13-14H2,1-6H3/t15-,16-,19+,20+,22+/m0/s1. The first-order valence-electron chi connectivity index (χ1n) is 9.70. The molecular formula is C22H32O6. The van der Waals surface area contributed by atoms with Gasteiger partial charge in [-0.1, -0.05) is 44.2 Å². The third-order valence-corrected chi connectivity index (χ3v) is 5.13. The predicted molar refractivity (Wildman–Crippen MR) is 104 cm³/mol. The van der Waals surface area contributed by atoms with Crippen molar-refractivity contribution in [1.82, 2.24) is 0 Å². The summed E-state index contributed by atoms with van der Waals surface area (Å²) in [5.41, 5.74) is 0.0939. The van der Waals surface area contributed by atoms with E-state index in [-0.39, 0.29) is 30.5 Å². The lowest BCUT2D eigenvalue weighted by Crippen LogP contribution is -2.62. The molecule has 0 amide bonds. The Morgan fingerprint density at radius 1 is 1.29 bits per heavy atom. The Balaban J connectivity index is 2.30. The average molecular weight is 392 g/mol. The first kappa shape index (κ1) is 22.5. The molecular weight excluding hydrogens is 360 g/mol. The Morgan fingerprint density at radius 2 is 1.93 bits per heavy atom. The van der Waals surface area contributed by atoms with Crippen molar-refractivity contribution in [1.29, 1.82) is 0 Å². The quantitative estimate of drug-likeness (QED) is 0.498. The van der Waals surface area contributed by atoms with Crippen molar-refractivity contribution >= 4 is 12.3 Å². The van der Waals surface area contributed by atoms with Gasteiger partial charge < -0.3 is 23.7 Å². The zero-order valence-corrected chi connectivity index (χ0v) is 17.6. The van der Waals surface area contributed by atoms with Gasteiger partial charge in [0.05, 0.1) is 18.8 Å². The monoisotopic (exact) mass is 392 g/mol. The van der Waals surface area contributed by atoms with E-state index < -0.39 is 17.5 Å². The topological polar surface area (TPSA) is 71.1 Å². The molecule has 0 bridgehead atoms. The van der Waals surface area contributed by atoms with Crippen LogP contribution in [-0.2, 0) is 35.1 Å². The minimum atomic E-state index is -0.914. The van der Waals surface area contributed by atoms with Crippen LogP contribution in [0.1, 0.15) is 47.1 Å². The summed E-state index contributed by atoms with van der Waals surface area (Å²) < 4.78 is 23.9. The highest BCUT2D eigenvalue weighted by Gasteiger charge is 2.51. The minimum absolute atomic E-state index is 0.0441. The van der Waals surface area contributed by atoms with Gasteiger partial charge in [-0.2, -0.15) is 0 Å². The molecule has 0 spiro atoms. The molecule has 1 fully saturated rings. The highest BCUT2D eigenvalue weighted by molar-refractivity contribution is 5.66. The molecule has 0 radical (unpaired) electrons. The van der Waals surface area contributed by atoms with Crippen molar-refractivity contribution in [2.75, 3.05) is 6.61 Å². The van der Waals surface area contributed by atoms with Gasteiger partial charge in [0.15, 0.2) is 5.79 Å². The number of rotatable bonds is 8. The largest absolute Gasteiger partial charge is 0.463 e. The maximum Gasteiger partial charge on any atom is 0.302 e. The summed E-state index contributed by atoms with van der Waals surface area (Å²) in [6.45, 7) is 11.1. The first-order valence-corrected chi connectivity index (χ1v) is 9.70. The number of carbonyl (C=O) groups is 2. The highest BCUT2D eigenvalue weighted by Crippen LogP contribution is 2.40. The lowest BCUT2D eigenvalue weighted by molar-refractivity contribution is -0.355. The fourth-order valence-electron chi connectivity index (χ4n) is 3.67. The Bertz CT molecular complexity index is 658. The molecule has 6 nitrogen and oxygen atoms in total. The van der Waals surface area contributed by atoms with Gasteiger partial charge in [-0.15, -0.1) is 0 Å². The number of hydrogen-bond donors (Lipinski definition) is 0. The van der Waals surface area contributed by atoms with Crippen molar-refractivity contribution in [3.05, 3.63) is 35.9 Å². The molecule has 1 saturated heterocycles. The summed E-state index contributed by atoms with van der Waals surface area (Å²) in [5.74, 6) is -1.73. The van der Waals surface area contributed by atoms with E-state index >= 15 is 0 Å². The van der Waals surface area contributed by atoms with Crippen LogP contribution < -0.4 is 0 Å². The van der Waals surface area contributed by atoms with Crippen LogP contribution in [-0.4, -0.2) is 42.5 Å². The molecule has 0 aliphatic carbocycles. The molecule has 1 aliphatic heterocycles. The van der Waals surface area contributed by atoms with Crippen LogP contribution in [0.4, 0.5) is 0 Å². The lowest BCUT2D eigenvalue weighted by atomic mass is 9.80. The predicted octanol–water partition coefficient (Wildman–Crippen LogP) is 3.52. The average Bonchev–Trinajstić information content (AvgIpc) is 2.66. The fourth-order valence-corrected chi connectivity index (χ4v) is 3.67. The van der Waals surface area contributed by atoms with Crippen LogP contribution in [0.5, 0.6) is 0 Å². The Morgan fingerprint density at radius 3 is 2.50 bits per heavy atom. The van der Waals surface area contributed by atoms with Crippen LogP contribution >= 0.6 is 0 Å². The summed E-state index contributed by atoms with van der Waals surface area (Å²) in [5, 5.41) is 0. The molecule has 0 unspecified atom stereocenters. The van der Waals surface area contributed by atoms with Crippen molar-refractivity contribution in [2.24, 2.45) is 11.8 Å². The third kappa shape index (κ3) is 5.63. The number of carbonyl (C=O) groups excluding carboxylic acids is 2. The van der Waals surface area contributed by atoms with E-state index in [9.17, 15) is 9.59 Å². The van der Waals surface area contributed by atoms with Crippen molar-refractivity contribution in [3.63, 3.8) is 0 Å². The number of esters is 1. The molecule has 1 aliphatic rings. The molecule has 28 heavy (non-hydrogen) atoms. The van der Waals surface area contributed by atoms with Crippen LogP contribution in [0.15, 0.2) is 30.3 Å². The zero-order chi connectivity index (χ0) is 20.9. The van der Waals surface area contributed by atoms with Crippen LogP contribution in [0, 0.1) is 11.8 Å². The molecule has 0 N–H and O–H groups in total. The second-order valence-electron chi connectivity index (χ2n) is 8.24. The summed E-state index contributed by atoms with van der Waals surface area (Å²) in [4.78, 5) is 22.9. The summed E-state index contributed by atoms with van der Waals surface area (Å²) in [6.07, 6.45) is 0.128. The molecule has 6 heteroatoms. The second-order valence-corrected chi connectivity index (χ2v) is 8.24. The van der Waals surface area contributed by atoms with Gasteiger partial charge >= 0.3 is 5.97 Å². The minimum Gasteiger partial charge on any atom is -0.463 e. The van der Waals surface area contributed by atoms with Gasteiger partial charge in [-0.3, -0.25) is 4.79 Å². The number of benzene rings is 1. The van der Waals surface area contributed by atoms with Gasteiger partial charge in [-0.25, -0.2) is 0 Å². The van der Waals surface area contributed by atoms with Crippen molar-refractivity contribution in [3.8, 4) is 0 Å². The molecule has 1 aromatic carbocycles. The maximum absolute atomic E-state index is 11.5. The van der Waals surface area contributed by atoms with Gasteiger partial charge in [0, 0.05) is 18.8 Å². The molecule has 0 aromatic heterocycles. The highest BCUT2D eigenvalue weighted by atomic mass is 16.7. The first-order chi connectivity index (χ1) is 13.1. The van der Waals surface area contributed by atoms with E-state index in [2.05, 4.69) is 0 Å². The maximum atomic E-state index is 11.5. The van der Waals surface area contributed by atoms with Crippen LogP contribution in [0.2, 0.25) is 0 Å². The third-order valence-electron chi connectivity index (χ3n) is 5.13. The second kappa shape index (κ2) is 9.16. The Hall–Kier alpha value is -1.76. The van der Waals surface area contributed by atoms with Crippen LogP contribution in [0.25, 0.3) is 0 Å². The van der Waals surface area contributed by atoms with Crippen LogP contribution in [0.3, 0.4) is 0 Å². The molecule has 156 valence electrons. The van der Waals surface area contributed by atoms with Crippen molar-refractivity contribution in [2.45, 2.75) is 71.7 Å². The summed E-state index contributed by atoms with van der Waals surface area (Å²) >= 11 is 0. The molecule has 0 saturated carbocycles. The smallest absolute Gasteiger partial charge is 0.302 e. The Kier molecular flexibility index (Phi) is 7.37. The SMILES string of the molecule is CC(=O)OC[C@@](C)(OCc1ccccc1)[C@@H]1OC(C)(C)O[C@H]([C@@H](C)C=O)[C@@H]1C. The normalized spacial score (nSPS) is 27.4. The fraction of sp³-hybridized carbons (Fsp3) is 0.636. The summed E-state index contributed by atoms with van der Waals surface area (Å²) in [6, 6.07) is 9.78. The van der Waals surface area contributed by atoms with Gasteiger partial charge in [0.1, 0.15) is 18.5 Å². The Labute approximate surface area is 167 Å². The van der Waals surface area contributed by atoms with Gasteiger partial charge in [-0.05, 0) is 26.3 Å². The zero-order valence-electron chi connectivity index (χ0n) is 17.6. The van der Waals surface area contributed by atoms with Gasteiger partial charge in [0.25, 0.3) is 0 Å². The van der Waals surface area contributed by atoms with Crippen molar-refractivity contribution < 1.29 is 28.5 Å². The van der Waals surface area contributed by atoms with E-state index in [1.807, 2.05) is 65.0 Å². The number of ether oxygens (including phenoxy) is 4. The van der Waals surface area contributed by atoms with E-state index in [4.69, 9.17) is 18.9 Å². The number of hydrogen-bond acceptors (Lipinski definition) is 6. The number of aldehydes is 1. The molecule has 1 heterocycles. The van der Waals surface area contributed by atoms with E-state index in [0.717, 1.165) is 11.8 Å². The van der Waals surface area contributed by atoms with E-state index in [1.165, 1.54) is 6.92 Å². The van der Waals surface area contributed by atoms with Gasteiger partial charge in [0.2, 0.25) is 0 Å². The molecule has 1 aromatic rings. The molecule has 2 rings (SSSR count).